The maximum absolute atomic E-state index is 5.40. The van der Waals surface area contributed by atoms with Crippen molar-refractivity contribution in [2.45, 2.75) is 0 Å². The molecule has 0 aliphatic heterocycles. The van der Waals surface area contributed by atoms with Crippen LogP contribution in [0.25, 0.3) is 17.1 Å². The highest BCUT2D eigenvalue weighted by atomic mass is 79.9. The summed E-state index contributed by atoms with van der Waals surface area (Å²) in [5, 5.41) is 0. The number of anilines is 1. The second-order valence-electron chi connectivity index (χ2n) is 4.24. The number of nitrogens with zero attached hydrogens (tertiary/aromatic N) is 3. The van der Waals surface area contributed by atoms with Crippen molar-refractivity contribution in [2.75, 3.05) is 19.0 Å². The molecule has 0 bridgehead atoms. The van der Waals surface area contributed by atoms with Gasteiger partial charge in [-0.2, -0.15) is 0 Å². The smallest absolute Gasteiger partial charge is 0.181 e. The molecule has 0 unspecified atom stereocenters. The Morgan fingerprint density at radius 2 is 2.17 bits per heavy atom. The number of hydrogen-bond donors (Lipinski definition) is 0. The largest absolute Gasteiger partial charge is 0.461 e. The molecule has 0 saturated heterocycles. The molecule has 3 rings (SSSR count). The van der Waals surface area contributed by atoms with Gasteiger partial charge in [0.05, 0.1) is 11.8 Å². The number of rotatable bonds is 2. The van der Waals surface area contributed by atoms with Crippen LogP contribution in [0.3, 0.4) is 0 Å². The zero-order chi connectivity index (χ0) is 12.7. The van der Waals surface area contributed by atoms with Gasteiger partial charge in [-0.15, -0.1) is 0 Å². The Kier molecular flexibility index (Phi) is 2.63. The van der Waals surface area contributed by atoms with Crippen LogP contribution in [-0.4, -0.2) is 23.5 Å². The molecule has 0 saturated carbocycles. The topological polar surface area (TPSA) is 33.7 Å². The Labute approximate surface area is 113 Å². The lowest BCUT2D eigenvalue weighted by molar-refractivity contribution is 0.577. The highest BCUT2D eigenvalue weighted by Gasteiger charge is 2.13. The molecule has 0 spiro atoms. The lowest BCUT2D eigenvalue weighted by atomic mass is 10.3. The number of aromatic nitrogens is 2. The highest BCUT2D eigenvalue weighted by Crippen LogP contribution is 2.28. The first-order chi connectivity index (χ1) is 8.66. The van der Waals surface area contributed by atoms with Gasteiger partial charge in [0.1, 0.15) is 4.60 Å². The summed E-state index contributed by atoms with van der Waals surface area (Å²) in [5.74, 6) is 1.56. The average Bonchev–Trinajstić information content (AvgIpc) is 2.97. The van der Waals surface area contributed by atoms with E-state index in [-0.39, 0.29) is 0 Å². The summed E-state index contributed by atoms with van der Waals surface area (Å²) in [6.45, 7) is 0. The number of furan rings is 1. The fourth-order valence-corrected chi connectivity index (χ4v) is 2.37. The van der Waals surface area contributed by atoms with E-state index in [1.54, 1.807) is 6.26 Å². The van der Waals surface area contributed by atoms with E-state index in [0.717, 1.165) is 27.4 Å². The van der Waals surface area contributed by atoms with Gasteiger partial charge in [0, 0.05) is 26.0 Å². The summed E-state index contributed by atoms with van der Waals surface area (Å²) < 4.78 is 8.23. The van der Waals surface area contributed by atoms with E-state index in [4.69, 9.17) is 4.42 Å². The van der Waals surface area contributed by atoms with E-state index in [1.165, 1.54) is 0 Å². The molecule has 3 heterocycles. The van der Waals surface area contributed by atoms with Crippen molar-refractivity contribution in [2.24, 2.45) is 0 Å². The molecular formula is C13H12BrN3O. The fourth-order valence-electron chi connectivity index (χ4n) is 1.89. The standard InChI is InChI=1S/C13H12BrN3O/c1-16(2)9-5-6-17-10(8-9)12(14)15-13(17)11-4-3-7-18-11/h3-8H,1-2H3. The van der Waals surface area contributed by atoms with E-state index >= 15 is 0 Å². The zero-order valence-electron chi connectivity index (χ0n) is 10.1. The second kappa shape index (κ2) is 4.17. The van der Waals surface area contributed by atoms with Gasteiger partial charge in [-0.25, -0.2) is 4.98 Å². The number of halogens is 1. The molecule has 92 valence electrons. The first-order valence-corrected chi connectivity index (χ1v) is 6.35. The van der Waals surface area contributed by atoms with Crippen LogP contribution in [0, 0.1) is 0 Å². The molecule has 0 fully saturated rings. The van der Waals surface area contributed by atoms with E-state index in [0.29, 0.717) is 0 Å². The van der Waals surface area contributed by atoms with Gasteiger partial charge in [0.2, 0.25) is 0 Å². The minimum atomic E-state index is 0.758. The van der Waals surface area contributed by atoms with Crippen molar-refractivity contribution in [3.63, 3.8) is 0 Å². The molecular weight excluding hydrogens is 294 g/mol. The van der Waals surface area contributed by atoms with Gasteiger partial charge in [-0.1, -0.05) is 0 Å². The molecule has 0 atom stereocenters. The van der Waals surface area contributed by atoms with E-state index in [2.05, 4.69) is 31.9 Å². The van der Waals surface area contributed by atoms with E-state index in [1.807, 2.05) is 42.9 Å². The lowest BCUT2D eigenvalue weighted by Gasteiger charge is -2.12. The van der Waals surface area contributed by atoms with Crippen molar-refractivity contribution in [3.8, 4) is 11.6 Å². The highest BCUT2D eigenvalue weighted by molar-refractivity contribution is 9.10. The molecule has 0 amide bonds. The van der Waals surface area contributed by atoms with Gasteiger partial charge in [0.25, 0.3) is 0 Å². The van der Waals surface area contributed by atoms with Crippen molar-refractivity contribution in [1.82, 2.24) is 9.38 Å². The Morgan fingerprint density at radius 3 is 2.83 bits per heavy atom. The van der Waals surface area contributed by atoms with Crippen molar-refractivity contribution in [1.29, 1.82) is 0 Å². The molecule has 0 aromatic carbocycles. The summed E-state index contributed by atoms with van der Waals surface area (Å²) in [5.41, 5.74) is 2.15. The Balaban J connectivity index is 2.25. The zero-order valence-corrected chi connectivity index (χ0v) is 11.7. The van der Waals surface area contributed by atoms with Gasteiger partial charge in [-0.3, -0.25) is 4.40 Å². The monoisotopic (exact) mass is 305 g/mol. The Morgan fingerprint density at radius 1 is 1.33 bits per heavy atom. The Hall–Kier alpha value is -1.75. The van der Waals surface area contributed by atoms with Crippen molar-refractivity contribution >= 4 is 27.1 Å². The third-order valence-electron chi connectivity index (χ3n) is 2.84. The molecule has 0 aliphatic rings. The lowest BCUT2D eigenvalue weighted by Crippen LogP contribution is -2.08. The third kappa shape index (κ3) is 1.71. The maximum Gasteiger partial charge on any atom is 0.181 e. The van der Waals surface area contributed by atoms with Crippen LogP contribution < -0.4 is 4.90 Å². The van der Waals surface area contributed by atoms with Crippen LogP contribution in [-0.2, 0) is 0 Å². The van der Waals surface area contributed by atoms with Crippen LogP contribution in [0.4, 0.5) is 5.69 Å². The summed E-state index contributed by atoms with van der Waals surface area (Å²) in [7, 11) is 4.03. The molecule has 3 aromatic rings. The summed E-state index contributed by atoms with van der Waals surface area (Å²) in [6.07, 6.45) is 3.65. The summed E-state index contributed by atoms with van der Waals surface area (Å²) >= 11 is 3.49. The first-order valence-electron chi connectivity index (χ1n) is 5.55. The van der Waals surface area contributed by atoms with Crippen LogP contribution in [0.1, 0.15) is 0 Å². The van der Waals surface area contributed by atoms with Gasteiger partial charge in [0.15, 0.2) is 11.6 Å². The van der Waals surface area contributed by atoms with Crippen LogP contribution >= 0.6 is 15.9 Å². The first kappa shape index (κ1) is 11.3. The molecule has 18 heavy (non-hydrogen) atoms. The number of pyridine rings is 1. The predicted octanol–water partition coefficient (Wildman–Crippen LogP) is 3.42. The Bertz CT molecular complexity index is 686. The van der Waals surface area contributed by atoms with Gasteiger partial charge < -0.3 is 9.32 Å². The van der Waals surface area contributed by atoms with Crippen LogP contribution in [0.2, 0.25) is 0 Å². The minimum Gasteiger partial charge on any atom is -0.461 e. The van der Waals surface area contributed by atoms with Crippen molar-refractivity contribution < 1.29 is 4.42 Å². The molecule has 3 aromatic heterocycles. The van der Waals surface area contributed by atoms with Gasteiger partial charge >= 0.3 is 0 Å². The number of hydrogen-bond acceptors (Lipinski definition) is 3. The quantitative estimate of drug-likeness (QED) is 0.727. The predicted molar refractivity (Wildman–Crippen MR) is 74.9 cm³/mol. The SMILES string of the molecule is CN(C)c1ccn2c(-c3ccco3)nc(Br)c2c1. The average molecular weight is 306 g/mol. The van der Waals surface area contributed by atoms with Gasteiger partial charge in [-0.05, 0) is 40.2 Å². The molecule has 0 radical (unpaired) electrons. The van der Waals surface area contributed by atoms with E-state index in [9.17, 15) is 0 Å². The summed E-state index contributed by atoms with van der Waals surface area (Å²) in [6, 6.07) is 7.90. The molecule has 0 aliphatic carbocycles. The molecule has 0 N–H and O–H groups in total. The van der Waals surface area contributed by atoms with Crippen LogP contribution in [0.15, 0.2) is 45.7 Å². The van der Waals surface area contributed by atoms with Crippen LogP contribution in [0.5, 0.6) is 0 Å². The maximum atomic E-state index is 5.40. The summed E-state index contributed by atoms with van der Waals surface area (Å²) in [4.78, 5) is 6.56. The molecule has 4 nitrogen and oxygen atoms in total. The minimum absolute atomic E-state index is 0.758. The molecule has 5 heteroatoms. The third-order valence-corrected chi connectivity index (χ3v) is 3.42. The number of fused-ring (bicyclic) bond motifs is 1. The normalized spacial score (nSPS) is 11.1. The second-order valence-corrected chi connectivity index (χ2v) is 4.99. The van der Waals surface area contributed by atoms with Crippen molar-refractivity contribution in [3.05, 3.63) is 41.3 Å². The number of imidazole rings is 1. The fraction of sp³-hybridized carbons (Fsp3) is 0.154. The van der Waals surface area contributed by atoms with E-state index < -0.39 is 0 Å².